The number of benzene rings is 1. The van der Waals surface area contributed by atoms with Crippen LogP contribution in [-0.2, 0) is 13.6 Å². The number of anilines is 1. The first-order valence-corrected chi connectivity index (χ1v) is 7.20. The van der Waals surface area contributed by atoms with Gasteiger partial charge >= 0.3 is 0 Å². The van der Waals surface area contributed by atoms with Crippen molar-refractivity contribution in [2.75, 3.05) is 5.32 Å². The van der Waals surface area contributed by atoms with E-state index in [0.717, 1.165) is 27.4 Å². The van der Waals surface area contributed by atoms with Gasteiger partial charge in [-0.2, -0.15) is 0 Å². The van der Waals surface area contributed by atoms with Gasteiger partial charge in [-0.3, -0.25) is 0 Å². The van der Waals surface area contributed by atoms with Gasteiger partial charge < -0.3 is 5.32 Å². The third kappa shape index (κ3) is 3.25. The molecule has 106 valence electrons. The summed E-state index contributed by atoms with van der Waals surface area (Å²) in [6.45, 7) is 0.653. The van der Waals surface area contributed by atoms with Crippen LogP contribution in [0.5, 0.6) is 0 Å². The van der Waals surface area contributed by atoms with E-state index < -0.39 is 0 Å². The Morgan fingerprint density at radius 2 is 2.05 bits per heavy atom. The fourth-order valence-electron chi connectivity index (χ4n) is 1.98. The third-order valence-corrected chi connectivity index (χ3v) is 3.43. The monoisotopic (exact) mass is 344 g/mol. The zero-order valence-corrected chi connectivity index (χ0v) is 12.9. The second-order valence-corrected chi connectivity index (χ2v) is 5.32. The minimum absolute atomic E-state index is 0.653. The van der Waals surface area contributed by atoms with Crippen LogP contribution in [0, 0.1) is 0 Å². The van der Waals surface area contributed by atoms with Gasteiger partial charge in [0.05, 0.1) is 12.2 Å². The number of hydrogen-bond donors (Lipinski definition) is 1. The highest BCUT2D eigenvalue weighted by Crippen LogP contribution is 2.20. The maximum absolute atomic E-state index is 4.39. The zero-order chi connectivity index (χ0) is 14.7. The number of tetrazole rings is 1. The molecule has 0 atom stereocenters. The van der Waals surface area contributed by atoms with Crippen LogP contribution in [0.3, 0.4) is 0 Å². The summed E-state index contributed by atoms with van der Waals surface area (Å²) >= 11 is 3.37. The van der Waals surface area contributed by atoms with E-state index in [0.29, 0.717) is 6.54 Å². The topological polar surface area (TPSA) is 68.5 Å². The highest BCUT2D eigenvalue weighted by molar-refractivity contribution is 9.10. The third-order valence-electron chi connectivity index (χ3n) is 2.99. The van der Waals surface area contributed by atoms with Crippen LogP contribution >= 0.6 is 15.9 Å². The van der Waals surface area contributed by atoms with Crippen molar-refractivity contribution in [2.24, 2.45) is 7.05 Å². The molecule has 7 heteroatoms. The highest BCUT2D eigenvalue weighted by atomic mass is 79.9. The number of pyridine rings is 1. The molecular weight excluding hydrogens is 332 g/mol. The zero-order valence-electron chi connectivity index (χ0n) is 11.4. The molecule has 0 aliphatic rings. The van der Waals surface area contributed by atoms with Gasteiger partial charge in [-0.05, 0) is 50.6 Å². The summed E-state index contributed by atoms with van der Waals surface area (Å²) in [6, 6.07) is 13.8. The average molecular weight is 345 g/mol. The molecule has 0 bridgehead atoms. The van der Waals surface area contributed by atoms with Gasteiger partial charge in [0, 0.05) is 18.3 Å². The minimum atomic E-state index is 0.653. The molecule has 21 heavy (non-hydrogen) atoms. The number of hydrogen-bond acceptors (Lipinski definition) is 5. The van der Waals surface area contributed by atoms with Crippen molar-refractivity contribution >= 4 is 21.6 Å². The van der Waals surface area contributed by atoms with Gasteiger partial charge in [0.25, 0.3) is 0 Å². The first kappa shape index (κ1) is 13.7. The van der Waals surface area contributed by atoms with E-state index >= 15 is 0 Å². The van der Waals surface area contributed by atoms with Crippen LogP contribution < -0.4 is 5.32 Å². The standard InChI is InChI=1S/C14H13BrN6/c1-21-14(18-19-20-21)10-4-2-5-11(8-10)16-9-12-6-3-7-13(15)17-12/h2-8,16H,9H2,1H3. The molecule has 3 aromatic rings. The molecule has 0 amide bonds. The van der Waals surface area contributed by atoms with Crippen LogP contribution in [0.15, 0.2) is 47.1 Å². The van der Waals surface area contributed by atoms with Gasteiger partial charge in [-0.25, -0.2) is 9.67 Å². The predicted octanol–water partition coefficient (Wildman–Crippen LogP) is 2.65. The van der Waals surface area contributed by atoms with E-state index in [-0.39, 0.29) is 0 Å². The molecule has 1 aromatic carbocycles. The number of aromatic nitrogens is 5. The Bertz CT molecular complexity index is 754. The summed E-state index contributed by atoms with van der Waals surface area (Å²) in [5, 5.41) is 14.9. The van der Waals surface area contributed by atoms with Gasteiger partial charge in [0.15, 0.2) is 5.82 Å². The molecule has 0 spiro atoms. The number of nitrogens with zero attached hydrogens (tertiary/aromatic N) is 5. The largest absolute Gasteiger partial charge is 0.379 e. The first-order chi connectivity index (χ1) is 10.2. The van der Waals surface area contributed by atoms with E-state index in [9.17, 15) is 0 Å². The molecule has 0 aliphatic carbocycles. The SMILES string of the molecule is Cn1nnnc1-c1cccc(NCc2cccc(Br)n2)c1. The highest BCUT2D eigenvalue weighted by Gasteiger charge is 2.06. The van der Waals surface area contributed by atoms with Gasteiger partial charge in [0.2, 0.25) is 0 Å². The molecular formula is C14H13BrN6. The quantitative estimate of drug-likeness (QED) is 0.737. The van der Waals surface area contributed by atoms with Gasteiger partial charge in [-0.1, -0.05) is 18.2 Å². The van der Waals surface area contributed by atoms with E-state index in [1.54, 1.807) is 4.68 Å². The van der Waals surface area contributed by atoms with Crippen molar-refractivity contribution in [1.82, 2.24) is 25.2 Å². The lowest BCUT2D eigenvalue weighted by atomic mass is 10.2. The second-order valence-electron chi connectivity index (χ2n) is 4.51. The second kappa shape index (κ2) is 6.01. The fraction of sp³-hybridized carbons (Fsp3) is 0.143. The fourth-order valence-corrected chi connectivity index (χ4v) is 2.36. The van der Waals surface area contributed by atoms with Crippen molar-refractivity contribution < 1.29 is 0 Å². The molecule has 0 unspecified atom stereocenters. The van der Waals surface area contributed by atoms with Gasteiger partial charge in [-0.15, -0.1) is 5.10 Å². The van der Waals surface area contributed by atoms with Crippen molar-refractivity contribution in [2.45, 2.75) is 6.54 Å². The molecule has 0 fully saturated rings. The molecule has 0 saturated heterocycles. The van der Waals surface area contributed by atoms with Crippen LogP contribution in [0.4, 0.5) is 5.69 Å². The summed E-state index contributed by atoms with van der Waals surface area (Å²) in [5.41, 5.74) is 2.93. The van der Waals surface area contributed by atoms with Crippen molar-refractivity contribution in [1.29, 1.82) is 0 Å². The van der Waals surface area contributed by atoms with Crippen LogP contribution in [0.2, 0.25) is 0 Å². The number of aryl methyl sites for hydroxylation is 1. The molecule has 3 rings (SSSR count). The van der Waals surface area contributed by atoms with Gasteiger partial charge in [0.1, 0.15) is 4.60 Å². The molecule has 1 N–H and O–H groups in total. The molecule has 0 aliphatic heterocycles. The Labute approximate surface area is 130 Å². The summed E-state index contributed by atoms with van der Waals surface area (Å²) in [5.74, 6) is 0.735. The smallest absolute Gasteiger partial charge is 0.181 e. The Balaban J connectivity index is 1.76. The molecule has 2 aromatic heterocycles. The Kier molecular flexibility index (Phi) is 3.92. The molecule has 0 radical (unpaired) electrons. The number of halogens is 1. The lowest BCUT2D eigenvalue weighted by molar-refractivity contribution is 0.714. The number of rotatable bonds is 4. The summed E-state index contributed by atoms with van der Waals surface area (Å²) in [6.07, 6.45) is 0. The van der Waals surface area contributed by atoms with E-state index in [2.05, 4.69) is 41.8 Å². The van der Waals surface area contributed by atoms with Crippen LogP contribution in [0.1, 0.15) is 5.69 Å². The van der Waals surface area contributed by atoms with Crippen molar-refractivity contribution in [3.8, 4) is 11.4 Å². The first-order valence-electron chi connectivity index (χ1n) is 6.40. The van der Waals surface area contributed by atoms with E-state index in [1.807, 2.05) is 49.5 Å². The Morgan fingerprint density at radius 3 is 2.81 bits per heavy atom. The van der Waals surface area contributed by atoms with E-state index in [1.165, 1.54) is 0 Å². The molecule has 6 nitrogen and oxygen atoms in total. The lowest BCUT2D eigenvalue weighted by Crippen LogP contribution is -2.02. The summed E-state index contributed by atoms with van der Waals surface area (Å²) < 4.78 is 2.48. The minimum Gasteiger partial charge on any atom is -0.379 e. The van der Waals surface area contributed by atoms with E-state index in [4.69, 9.17) is 0 Å². The summed E-state index contributed by atoms with van der Waals surface area (Å²) in [4.78, 5) is 4.39. The molecule has 0 saturated carbocycles. The number of nitrogens with one attached hydrogen (secondary N) is 1. The Hall–Kier alpha value is -2.28. The average Bonchev–Trinajstić information content (AvgIpc) is 2.92. The Morgan fingerprint density at radius 1 is 1.19 bits per heavy atom. The van der Waals surface area contributed by atoms with Crippen LogP contribution in [-0.4, -0.2) is 25.2 Å². The predicted molar refractivity (Wildman–Crippen MR) is 83.5 cm³/mol. The summed E-state index contributed by atoms with van der Waals surface area (Å²) in [7, 11) is 1.82. The molecule has 2 heterocycles. The van der Waals surface area contributed by atoms with Crippen LogP contribution in [0.25, 0.3) is 11.4 Å². The normalized spacial score (nSPS) is 10.6. The maximum Gasteiger partial charge on any atom is 0.181 e. The lowest BCUT2D eigenvalue weighted by Gasteiger charge is -2.08. The van der Waals surface area contributed by atoms with Crippen molar-refractivity contribution in [3.05, 3.63) is 52.8 Å². The van der Waals surface area contributed by atoms with Crippen molar-refractivity contribution in [3.63, 3.8) is 0 Å². The maximum atomic E-state index is 4.39.